The maximum Gasteiger partial charge on any atom is 0.127 e. The van der Waals surface area contributed by atoms with Crippen molar-refractivity contribution in [2.24, 2.45) is 5.73 Å². The Kier molecular flexibility index (Phi) is 5.49. The van der Waals surface area contributed by atoms with Crippen molar-refractivity contribution in [2.75, 3.05) is 6.54 Å². The fourth-order valence-corrected chi connectivity index (χ4v) is 3.14. The fourth-order valence-electron chi connectivity index (χ4n) is 3.01. The van der Waals surface area contributed by atoms with Gasteiger partial charge in [-0.25, -0.2) is 4.39 Å². The molecule has 20 heavy (non-hydrogen) atoms. The van der Waals surface area contributed by atoms with E-state index in [1.165, 1.54) is 38.2 Å². The molecule has 0 radical (unpaired) electrons. The summed E-state index contributed by atoms with van der Waals surface area (Å²) in [6.45, 7) is 3.73. The maximum atomic E-state index is 14.0. The molecule has 0 heterocycles. The van der Waals surface area contributed by atoms with E-state index in [4.69, 9.17) is 18.0 Å². The van der Waals surface area contributed by atoms with Crippen LogP contribution in [0.4, 0.5) is 4.39 Å². The summed E-state index contributed by atoms with van der Waals surface area (Å²) < 4.78 is 14.0. The SMILES string of the molecule is CCN(Cc1cc(C(N)=S)ccc1F)C1CCCCC1. The van der Waals surface area contributed by atoms with Gasteiger partial charge in [0, 0.05) is 23.7 Å². The normalized spacial score (nSPS) is 16.6. The number of nitrogens with zero attached hydrogens (tertiary/aromatic N) is 1. The molecule has 1 aromatic carbocycles. The van der Waals surface area contributed by atoms with Gasteiger partial charge in [0.05, 0.1) is 0 Å². The molecule has 0 saturated heterocycles. The molecule has 2 nitrogen and oxygen atoms in total. The average molecular weight is 294 g/mol. The molecule has 0 spiro atoms. The molecule has 110 valence electrons. The lowest BCUT2D eigenvalue weighted by atomic mass is 9.93. The minimum Gasteiger partial charge on any atom is -0.389 e. The largest absolute Gasteiger partial charge is 0.389 e. The molecule has 0 amide bonds. The Morgan fingerprint density at radius 2 is 2.05 bits per heavy atom. The predicted octanol–water partition coefficient (Wildman–Crippen LogP) is 3.61. The van der Waals surface area contributed by atoms with E-state index < -0.39 is 0 Å². The van der Waals surface area contributed by atoms with Crippen LogP contribution in [-0.2, 0) is 6.54 Å². The van der Waals surface area contributed by atoms with Crippen molar-refractivity contribution < 1.29 is 4.39 Å². The Morgan fingerprint density at radius 1 is 1.35 bits per heavy atom. The third-order valence-corrected chi connectivity index (χ3v) is 4.44. The minimum absolute atomic E-state index is 0.167. The van der Waals surface area contributed by atoms with Crippen molar-refractivity contribution in [3.63, 3.8) is 0 Å². The molecule has 0 atom stereocenters. The highest BCUT2D eigenvalue weighted by molar-refractivity contribution is 7.80. The van der Waals surface area contributed by atoms with Gasteiger partial charge in [0.1, 0.15) is 10.8 Å². The van der Waals surface area contributed by atoms with E-state index in [1.807, 2.05) is 0 Å². The van der Waals surface area contributed by atoms with Crippen molar-refractivity contribution in [1.29, 1.82) is 0 Å². The third kappa shape index (κ3) is 3.76. The van der Waals surface area contributed by atoms with Gasteiger partial charge in [-0.05, 0) is 37.6 Å². The van der Waals surface area contributed by atoms with Crippen molar-refractivity contribution >= 4 is 17.2 Å². The molecule has 1 saturated carbocycles. The number of benzene rings is 1. The zero-order valence-corrected chi connectivity index (χ0v) is 12.9. The van der Waals surface area contributed by atoms with Gasteiger partial charge >= 0.3 is 0 Å². The fraction of sp³-hybridized carbons (Fsp3) is 0.562. The lowest BCUT2D eigenvalue weighted by Crippen LogP contribution is -2.36. The van der Waals surface area contributed by atoms with Gasteiger partial charge < -0.3 is 5.73 Å². The van der Waals surface area contributed by atoms with Gasteiger partial charge in [-0.1, -0.05) is 38.4 Å². The first-order chi connectivity index (χ1) is 9.61. The molecular weight excluding hydrogens is 271 g/mol. The number of halogens is 1. The summed E-state index contributed by atoms with van der Waals surface area (Å²) in [6.07, 6.45) is 6.36. The van der Waals surface area contributed by atoms with Gasteiger partial charge in [0.25, 0.3) is 0 Å². The second kappa shape index (κ2) is 7.14. The number of hydrogen-bond acceptors (Lipinski definition) is 2. The molecule has 0 unspecified atom stereocenters. The molecular formula is C16H23FN2S. The second-order valence-corrected chi connectivity index (χ2v) is 5.97. The number of rotatable bonds is 5. The molecule has 0 bridgehead atoms. The number of thiocarbonyl (C=S) groups is 1. The summed E-state index contributed by atoms with van der Waals surface area (Å²) in [7, 11) is 0. The average Bonchev–Trinajstić information content (AvgIpc) is 2.47. The Labute approximate surface area is 126 Å². The van der Waals surface area contributed by atoms with Crippen LogP contribution < -0.4 is 5.73 Å². The maximum absolute atomic E-state index is 14.0. The van der Waals surface area contributed by atoms with E-state index in [0.717, 1.165) is 12.1 Å². The summed E-state index contributed by atoms with van der Waals surface area (Å²) in [5, 5.41) is 0. The van der Waals surface area contributed by atoms with Crippen molar-refractivity contribution in [1.82, 2.24) is 4.90 Å². The van der Waals surface area contributed by atoms with E-state index in [0.29, 0.717) is 23.1 Å². The van der Waals surface area contributed by atoms with Crippen LogP contribution in [0.3, 0.4) is 0 Å². The summed E-state index contributed by atoms with van der Waals surface area (Å²) in [4.78, 5) is 2.70. The molecule has 1 aliphatic carbocycles. The van der Waals surface area contributed by atoms with Crippen LogP contribution in [0.5, 0.6) is 0 Å². The Bertz CT molecular complexity index is 470. The molecule has 1 fully saturated rings. The molecule has 0 aliphatic heterocycles. The zero-order chi connectivity index (χ0) is 14.5. The highest BCUT2D eigenvalue weighted by Crippen LogP contribution is 2.24. The lowest BCUT2D eigenvalue weighted by Gasteiger charge is -2.33. The van der Waals surface area contributed by atoms with E-state index >= 15 is 0 Å². The van der Waals surface area contributed by atoms with Gasteiger partial charge in [-0.2, -0.15) is 0 Å². The van der Waals surface area contributed by atoms with Gasteiger partial charge in [0.15, 0.2) is 0 Å². The first-order valence-corrected chi connectivity index (χ1v) is 7.85. The van der Waals surface area contributed by atoms with E-state index in [-0.39, 0.29) is 5.82 Å². The van der Waals surface area contributed by atoms with Crippen LogP contribution in [0.2, 0.25) is 0 Å². The summed E-state index contributed by atoms with van der Waals surface area (Å²) in [5.41, 5.74) is 7.08. The zero-order valence-electron chi connectivity index (χ0n) is 12.1. The lowest BCUT2D eigenvalue weighted by molar-refractivity contribution is 0.154. The number of nitrogens with two attached hydrogens (primary N) is 1. The van der Waals surface area contributed by atoms with E-state index in [9.17, 15) is 4.39 Å². The van der Waals surface area contributed by atoms with Crippen LogP contribution >= 0.6 is 12.2 Å². The highest BCUT2D eigenvalue weighted by atomic mass is 32.1. The molecule has 1 aromatic rings. The predicted molar refractivity (Wildman–Crippen MR) is 85.2 cm³/mol. The Balaban J connectivity index is 2.13. The summed E-state index contributed by atoms with van der Waals surface area (Å²) >= 11 is 4.97. The summed E-state index contributed by atoms with van der Waals surface area (Å²) in [6, 6.07) is 5.50. The smallest absolute Gasteiger partial charge is 0.127 e. The first kappa shape index (κ1) is 15.4. The van der Waals surface area contributed by atoms with Crippen molar-refractivity contribution in [3.05, 3.63) is 35.1 Å². The van der Waals surface area contributed by atoms with Crippen LogP contribution in [0.1, 0.15) is 50.2 Å². The van der Waals surface area contributed by atoms with Gasteiger partial charge in [0.2, 0.25) is 0 Å². The highest BCUT2D eigenvalue weighted by Gasteiger charge is 2.21. The van der Waals surface area contributed by atoms with Gasteiger partial charge in [-0.15, -0.1) is 0 Å². The van der Waals surface area contributed by atoms with Crippen LogP contribution in [0.15, 0.2) is 18.2 Å². The van der Waals surface area contributed by atoms with E-state index in [2.05, 4.69) is 11.8 Å². The van der Waals surface area contributed by atoms with Crippen LogP contribution in [0, 0.1) is 5.82 Å². The third-order valence-electron chi connectivity index (χ3n) is 4.20. The molecule has 2 N–H and O–H groups in total. The van der Waals surface area contributed by atoms with E-state index in [1.54, 1.807) is 12.1 Å². The summed E-state index contributed by atoms with van der Waals surface area (Å²) in [5.74, 6) is -0.167. The van der Waals surface area contributed by atoms with Crippen LogP contribution in [0.25, 0.3) is 0 Å². The second-order valence-electron chi connectivity index (χ2n) is 5.53. The quantitative estimate of drug-likeness (QED) is 0.841. The molecule has 4 heteroatoms. The Hall–Kier alpha value is -1.00. The molecule has 0 aromatic heterocycles. The Morgan fingerprint density at radius 3 is 2.65 bits per heavy atom. The first-order valence-electron chi connectivity index (χ1n) is 7.44. The minimum atomic E-state index is -0.167. The molecule has 2 rings (SSSR count). The van der Waals surface area contributed by atoms with Gasteiger partial charge in [-0.3, -0.25) is 4.90 Å². The van der Waals surface area contributed by atoms with Crippen molar-refractivity contribution in [2.45, 2.75) is 51.6 Å². The molecule has 1 aliphatic rings. The monoisotopic (exact) mass is 294 g/mol. The van der Waals surface area contributed by atoms with Crippen LogP contribution in [-0.4, -0.2) is 22.5 Å². The van der Waals surface area contributed by atoms with Crippen molar-refractivity contribution in [3.8, 4) is 0 Å². The standard InChI is InChI=1S/C16H23FN2S/c1-2-19(14-6-4-3-5-7-14)11-13-10-12(16(18)20)8-9-15(13)17/h8-10,14H,2-7,11H2,1H3,(H2,18,20). The topological polar surface area (TPSA) is 29.3 Å². The number of hydrogen-bond donors (Lipinski definition) is 1.